The topological polar surface area (TPSA) is 63.4 Å². The molecule has 0 radical (unpaired) electrons. The van der Waals surface area contributed by atoms with Crippen LogP contribution < -0.4 is 0 Å². The Morgan fingerprint density at radius 3 is 2.43 bits per heavy atom. The maximum atomic E-state index is 13.0. The maximum Gasteiger partial charge on any atom is 0.227 e. The Labute approximate surface area is 167 Å². The molecule has 1 amide bonds. The second-order valence-electron chi connectivity index (χ2n) is 8.85. The number of carbonyl (C=O) groups excluding carboxylic acids is 2. The number of hydrogen-bond acceptors (Lipinski definition) is 4. The average molecular weight is 383 g/mol. The van der Waals surface area contributed by atoms with Crippen molar-refractivity contribution in [2.45, 2.75) is 59.3 Å². The highest BCUT2D eigenvalue weighted by molar-refractivity contribution is 5.98. The highest BCUT2D eigenvalue weighted by Gasteiger charge is 2.30. The van der Waals surface area contributed by atoms with Gasteiger partial charge < -0.3 is 9.42 Å². The molecule has 150 valence electrons. The van der Waals surface area contributed by atoms with E-state index < -0.39 is 0 Å². The van der Waals surface area contributed by atoms with Crippen LogP contribution in [0.1, 0.15) is 66.6 Å². The minimum atomic E-state index is -0.136. The van der Waals surface area contributed by atoms with E-state index in [0.29, 0.717) is 18.8 Å². The summed E-state index contributed by atoms with van der Waals surface area (Å²) in [5.74, 6) is 0.725. The molecule has 1 fully saturated rings. The molecular weight excluding hydrogens is 352 g/mol. The number of rotatable bonds is 4. The highest BCUT2D eigenvalue weighted by atomic mass is 16.5. The van der Waals surface area contributed by atoms with Crippen molar-refractivity contribution in [1.29, 1.82) is 0 Å². The van der Waals surface area contributed by atoms with Crippen LogP contribution in [0.3, 0.4) is 0 Å². The standard InChI is InChI=1S/C23H30N2O3/c1-15-20(16(2)28-24-15)13-21(26)25-12-6-7-18(14-25)22(27)17-8-10-19(11-9-17)23(3,4)5/h8-11,18H,6-7,12-14H2,1-5H3/t18-/m1/s1. The lowest BCUT2D eigenvalue weighted by molar-refractivity contribution is -0.131. The van der Waals surface area contributed by atoms with Gasteiger partial charge in [0.1, 0.15) is 5.76 Å². The third kappa shape index (κ3) is 4.34. The second-order valence-corrected chi connectivity index (χ2v) is 8.85. The van der Waals surface area contributed by atoms with Gasteiger partial charge in [0.15, 0.2) is 5.78 Å². The number of aromatic nitrogens is 1. The fraction of sp³-hybridized carbons (Fsp3) is 0.522. The number of ketones is 1. The first-order valence-electron chi connectivity index (χ1n) is 10.0. The summed E-state index contributed by atoms with van der Waals surface area (Å²) in [6.07, 6.45) is 1.96. The average Bonchev–Trinajstić information content (AvgIpc) is 2.99. The van der Waals surface area contributed by atoms with Gasteiger partial charge in [0.2, 0.25) is 5.91 Å². The minimum absolute atomic E-state index is 0.0370. The van der Waals surface area contributed by atoms with Gasteiger partial charge >= 0.3 is 0 Å². The van der Waals surface area contributed by atoms with Crippen LogP contribution in [0.25, 0.3) is 0 Å². The van der Waals surface area contributed by atoms with Gasteiger partial charge in [-0.25, -0.2) is 0 Å². The first-order chi connectivity index (χ1) is 13.2. The molecule has 0 aliphatic carbocycles. The molecular formula is C23H30N2O3. The first-order valence-corrected chi connectivity index (χ1v) is 10.0. The van der Waals surface area contributed by atoms with Gasteiger partial charge in [-0.05, 0) is 37.7 Å². The zero-order chi connectivity index (χ0) is 20.5. The van der Waals surface area contributed by atoms with Crippen molar-refractivity contribution in [3.05, 3.63) is 52.4 Å². The van der Waals surface area contributed by atoms with E-state index in [1.54, 1.807) is 0 Å². The molecule has 1 saturated heterocycles. The van der Waals surface area contributed by atoms with Crippen LogP contribution in [0.15, 0.2) is 28.8 Å². The molecule has 3 rings (SSSR count). The molecule has 0 unspecified atom stereocenters. The molecule has 0 saturated carbocycles. The normalized spacial score (nSPS) is 17.6. The van der Waals surface area contributed by atoms with Crippen LogP contribution in [0.4, 0.5) is 0 Å². The SMILES string of the molecule is Cc1noc(C)c1CC(=O)N1CCC[C@@H](C(=O)c2ccc(C(C)(C)C)cc2)C1. The molecule has 5 nitrogen and oxygen atoms in total. The molecule has 1 aromatic heterocycles. The molecule has 1 aliphatic rings. The summed E-state index contributed by atoms with van der Waals surface area (Å²) < 4.78 is 5.16. The lowest BCUT2D eigenvalue weighted by atomic mass is 9.85. The number of piperidine rings is 1. The van der Waals surface area contributed by atoms with Crippen molar-refractivity contribution >= 4 is 11.7 Å². The van der Waals surface area contributed by atoms with Crippen molar-refractivity contribution in [3.63, 3.8) is 0 Å². The fourth-order valence-corrected chi connectivity index (χ4v) is 3.81. The van der Waals surface area contributed by atoms with Crippen molar-refractivity contribution in [3.8, 4) is 0 Å². The largest absolute Gasteiger partial charge is 0.361 e. The molecule has 2 heterocycles. The number of aryl methyl sites for hydroxylation is 2. The van der Waals surface area contributed by atoms with Crippen LogP contribution >= 0.6 is 0 Å². The van der Waals surface area contributed by atoms with Crippen LogP contribution in [0, 0.1) is 19.8 Å². The predicted molar refractivity (Wildman–Crippen MR) is 108 cm³/mol. The summed E-state index contributed by atoms with van der Waals surface area (Å²) in [7, 11) is 0. The predicted octanol–water partition coefficient (Wildman–Crippen LogP) is 4.25. The van der Waals surface area contributed by atoms with Gasteiger partial charge in [-0.3, -0.25) is 9.59 Å². The summed E-state index contributed by atoms with van der Waals surface area (Å²) in [5, 5.41) is 3.92. The summed E-state index contributed by atoms with van der Waals surface area (Å²) >= 11 is 0. The Morgan fingerprint density at radius 1 is 1.18 bits per heavy atom. The number of likely N-dealkylation sites (tertiary alicyclic amines) is 1. The molecule has 0 N–H and O–H groups in total. The number of Topliss-reactive ketones (excluding diaryl/α,β-unsaturated/α-hetero) is 1. The zero-order valence-electron chi connectivity index (χ0n) is 17.5. The molecule has 2 aromatic rings. The number of benzene rings is 1. The van der Waals surface area contributed by atoms with Crippen LogP contribution in [-0.4, -0.2) is 34.8 Å². The molecule has 1 aliphatic heterocycles. The molecule has 1 aromatic carbocycles. The summed E-state index contributed by atoms with van der Waals surface area (Å²) in [5.41, 5.74) is 3.63. The van der Waals surface area contributed by atoms with E-state index in [9.17, 15) is 9.59 Å². The first kappa shape index (κ1) is 20.3. The van der Waals surface area contributed by atoms with Gasteiger partial charge in [0, 0.05) is 30.1 Å². The quantitative estimate of drug-likeness (QED) is 0.742. The van der Waals surface area contributed by atoms with Crippen LogP contribution in [-0.2, 0) is 16.6 Å². The van der Waals surface area contributed by atoms with Crippen LogP contribution in [0.2, 0.25) is 0 Å². The summed E-state index contributed by atoms with van der Waals surface area (Å²) in [6.45, 7) is 11.3. The Morgan fingerprint density at radius 2 is 1.86 bits per heavy atom. The monoisotopic (exact) mass is 382 g/mol. The second kappa shape index (κ2) is 7.90. The van der Waals surface area contributed by atoms with Crippen molar-refractivity contribution < 1.29 is 14.1 Å². The van der Waals surface area contributed by atoms with E-state index in [-0.39, 0.29) is 29.4 Å². The van der Waals surface area contributed by atoms with Gasteiger partial charge in [-0.2, -0.15) is 0 Å². The Kier molecular flexibility index (Phi) is 5.73. The molecule has 0 spiro atoms. The maximum absolute atomic E-state index is 13.0. The number of nitrogens with zero attached hydrogens (tertiary/aromatic N) is 2. The highest BCUT2D eigenvalue weighted by Crippen LogP contribution is 2.26. The molecule has 28 heavy (non-hydrogen) atoms. The number of hydrogen-bond donors (Lipinski definition) is 0. The van der Waals surface area contributed by atoms with E-state index in [1.807, 2.05) is 43.0 Å². The number of amides is 1. The third-order valence-corrected chi connectivity index (χ3v) is 5.69. The molecule has 5 heteroatoms. The zero-order valence-corrected chi connectivity index (χ0v) is 17.5. The fourth-order valence-electron chi connectivity index (χ4n) is 3.81. The van der Waals surface area contributed by atoms with E-state index in [2.05, 4.69) is 25.9 Å². The lowest BCUT2D eigenvalue weighted by Crippen LogP contribution is -2.43. The van der Waals surface area contributed by atoms with Gasteiger partial charge in [0.25, 0.3) is 0 Å². The van der Waals surface area contributed by atoms with E-state index in [0.717, 1.165) is 29.7 Å². The van der Waals surface area contributed by atoms with Gasteiger partial charge in [-0.1, -0.05) is 50.2 Å². The lowest BCUT2D eigenvalue weighted by Gasteiger charge is -2.32. The van der Waals surface area contributed by atoms with Crippen molar-refractivity contribution in [2.75, 3.05) is 13.1 Å². The van der Waals surface area contributed by atoms with E-state index >= 15 is 0 Å². The molecule has 1 atom stereocenters. The van der Waals surface area contributed by atoms with Crippen molar-refractivity contribution in [2.24, 2.45) is 5.92 Å². The van der Waals surface area contributed by atoms with Gasteiger partial charge in [0.05, 0.1) is 12.1 Å². The Balaban J connectivity index is 1.67. The Bertz CT molecular complexity index is 839. The third-order valence-electron chi connectivity index (χ3n) is 5.69. The summed E-state index contributed by atoms with van der Waals surface area (Å²) in [6, 6.07) is 7.92. The minimum Gasteiger partial charge on any atom is -0.361 e. The van der Waals surface area contributed by atoms with E-state index in [4.69, 9.17) is 4.52 Å². The Hall–Kier alpha value is -2.43. The van der Waals surface area contributed by atoms with Gasteiger partial charge in [-0.15, -0.1) is 0 Å². The van der Waals surface area contributed by atoms with E-state index in [1.165, 1.54) is 5.56 Å². The summed E-state index contributed by atoms with van der Waals surface area (Å²) in [4.78, 5) is 27.6. The smallest absolute Gasteiger partial charge is 0.227 e. The van der Waals surface area contributed by atoms with Crippen LogP contribution in [0.5, 0.6) is 0 Å². The molecule has 0 bridgehead atoms. The van der Waals surface area contributed by atoms with Crippen molar-refractivity contribution in [1.82, 2.24) is 10.1 Å². The number of carbonyl (C=O) groups is 2.